The van der Waals surface area contributed by atoms with Gasteiger partial charge >= 0.3 is 6.09 Å². The fraction of sp³-hybridized carbons (Fsp3) is 0.250. The number of aryl methyl sites for hydroxylation is 1. The molecule has 11 rings (SSSR count). The first-order valence-corrected chi connectivity index (χ1v) is 25.5. The molecule has 0 saturated heterocycles. The van der Waals surface area contributed by atoms with Gasteiger partial charge in [0, 0.05) is 69.3 Å². The Balaban J connectivity index is 0.000000139. The van der Waals surface area contributed by atoms with E-state index in [0.717, 1.165) is 86.2 Å². The van der Waals surface area contributed by atoms with E-state index in [9.17, 15) is 9.59 Å². The number of rotatable bonds is 8. The van der Waals surface area contributed by atoms with Crippen molar-refractivity contribution in [3.63, 3.8) is 0 Å². The molecule has 75 heavy (non-hydrogen) atoms. The van der Waals surface area contributed by atoms with Crippen molar-refractivity contribution in [3.05, 3.63) is 197 Å². The highest BCUT2D eigenvalue weighted by atomic mass is 35.5. The van der Waals surface area contributed by atoms with Crippen LogP contribution in [-0.4, -0.2) is 58.3 Å². The lowest BCUT2D eigenvalue weighted by Crippen LogP contribution is -2.34. The smallest absolute Gasteiger partial charge is 0.408 e. The number of nitrogens with zero attached hydrogens (tertiary/aromatic N) is 3. The standard InChI is InChI=1S/C15H16ClN3.C15H20N2O2.C10H10N2O.C10H12N2.C10H9NO/c16-15-18-13-9-5-4-8-12(13)14(19-15)17-10-11-6-2-1-3-7-11;1-10(16-14(18)19-15(2,3)4)13-9-11-7-5-6-8-12(11)17-13;1-7(12-13)10-6-8-4-2-3-5-9(8)11-10;1-7(11)10-6-8-4-2-3-5-9(8)12-10;1-7(12)10-6-8-4-2-3-5-9(8)11-10/h1-3,6-7H,4-5,8-10H2,(H,17,18,19);5-10,17H,1-4H3,(H,16,18);2-6,11,13H,1H3;2-7,12H,11H2,1H3;2-6,11H,1H3/b;;12-7+;;. The van der Waals surface area contributed by atoms with Crippen molar-refractivity contribution < 1.29 is 19.5 Å². The lowest BCUT2D eigenvalue weighted by Gasteiger charge is -2.21. The van der Waals surface area contributed by atoms with Crippen LogP contribution in [0.1, 0.15) is 118 Å². The largest absolute Gasteiger partial charge is 0.444 e. The number of fused-ring (bicyclic) bond motifs is 5. The Morgan fingerprint density at radius 2 is 1.16 bits per heavy atom. The van der Waals surface area contributed by atoms with Crippen LogP contribution in [0.15, 0.2) is 157 Å². The first-order valence-electron chi connectivity index (χ1n) is 25.1. The maximum atomic E-state index is 11.7. The normalized spacial score (nSPS) is 12.8. The monoisotopic (exact) mass is 1030 g/mol. The van der Waals surface area contributed by atoms with Crippen molar-refractivity contribution in [1.29, 1.82) is 0 Å². The zero-order valence-corrected chi connectivity index (χ0v) is 44.3. The number of benzene rings is 5. The van der Waals surface area contributed by atoms with Crippen LogP contribution in [0.2, 0.25) is 5.28 Å². The summed E-state index contributed by atoms with van der Waals surface area (Å²) in [6.07, 6.45) is 4.05. The minimum atomic E-state index is -0.482. The molecule has 10 aromatic rings. The highest BCUT2D eigenvalue weighted by molar-refractivity contribution is 6.28. The summed E-state index contributed by atoms with van der Waals surface area (Å²) in [5.41, 5.74) is 17.3. The Bertz CT molecular complexity index is 3360. The van der Waals surface area contributed by atoms with Gasteiger partial charge in [0.05, 0.1) is 28.8 Å². The van der Waals surface area contributed by atoms with Crippen LogP contribution in [0.25, 0.3) is 43.6 Å². The highest BCUT2D eigenvalue weighted by Gasteiger charge is 2.20. The second-order valence-electron chi connectivity index (χ2n) is 19.4. The third kappa shape index (κ3) is 15.7. The second kappa shape index (κ2) is 25.6. The van der Waals surface area contributed by atoms with E-state index in [1.54, 1.807) is 13.8 Å². The summed E-state index contributed by atoms with van der Waals surface area (Å²) >= 11 is 6.00. The zero-order chi connectivity index (χ0) is 53.5. The van der Waals surface area contributed by atoms with Gasteiger partial charge in [-0.25, -0.2) is 14.8 Å². The number of aromatic amines is 4. The van der Waals surface area contributed by atoms with E-state index in [2.05, 4.69) is 76.0 Å². The number of oxime groups is 1. The Morgan fingerprint density at radius 3 is 1.68 bits per heavy atom. The number of alkyl carbamates (subject to hydrolysis) is 1. The molecule has 2 atom stereocenters. The number of para-hydroxylation sites is 4. The number of nitrogens with one attached hydrogen (secondary N) is 6. The number of carbonyl (C=O) groups is 2. The Kier molecular flexibility index (Phi) is 18.7. The van der Waals surface area contributed by atoms with Gasteiger partial charge in [0.1, 0.15) is 11.4 Å². The molecule has 0 aliphatic heterocycles. The number of Topliss-reactive ketones (excluding diaryl/α,β-unsaturated/α-hetero) is 1. The van der Waals surface area contributed by atoms with Gasteiger partial charge in [0.25, 0.3) is 0 Å². The van der Waals surface area contributed by atoms with Crippen molar-refractivity contribution in [2.75, 3.05) is 5.32 Å². The predicted octanol–water partition coefficient (Wildman–Crippen LogP) is 14.3. The van der Waals surface area contributed by atoms with Crippen molar-refractivity contribution in [2.45, 2.75) is 98.4 Å². The highest BCUT2D eigenvalue weighted by Crippen LogP contribution is 2.27. The Hall–Kier alpha value is -8.20. The van der Waals surface area contributed by atoms with Gasteiger partial charge in [0.15, 0.2) is 5.78 Å². The molecule has 5 aromatic heterocycles. The van der Waals surface area contributed by atoms with Crippen LogP contribution >= 0.6 is 11.6 Å². The summed E-state index contributed by atoms with van der Waals surface area (Å²) in [7, 11) is 0. The number of aromatic nitrogens is 6. The third-order valence-electron chi connectivity index (χ3n) is 12.2. The number of carbonyl (C=O) groups excluding carboxylic acids is 2. The molecule has 1 aliphatic rings. The number of hydrogen-bond acceptors (Lipinski definition) is 9. The molecule has 2 unspecified atom stereocenters. The van der Waals surface area contributed by atoms with E-state index in [1.165, 1.54) is 29.4 Å². The lowest BCUT2D eigenvalue weighted by atomic mass is 9.96. The maximum absolute atomic E-state index is 11.7. The molecule has 0 bridgehead atoms. The van der Waals surface area contributed by atoms with Gasteiger partial charge in [-0.1, -0.05) is 108 Å². The minimum Gasteiger partial charge on any atom is -0.444 e. The van der Waals surface area contributed by atoms with Crippen LogP contribution in [0.5, 0.6) is 0 Å². The van der Waals surface area contributed by atoms with Gasteiger partial charge in [0.2, 0.25) is 5.28 Å². The zero-order valence-electron chi connectivity index (χ0n) is 43.6. The molecule has 5 aromatic carbocycles. The molecular weight excluding hydrogens is 960 g/mol. The second-order valence-corrected chi connectivity index (χ2v) is 19.7. The summed E-state index contributed by atoms with van der Waals surface area (Å²) in [4.78, 5) is 44.1. The van der Waals surface area contributed by atoms with Crippen molar-refractivity contribution in [3.8, 4) is 0 Å². The number of hydrogen-bond donors (Lipinski definition) is 8. The van der Waals surface area contributed by atoms with Crippen LogP contribution in [0, 0.1) is 0 Å². The summed E-state index contributed by atoms with van der Waals surface area (Å²) in [6, 6.07) is 50.2. The van der Waals surface area contributed by atoms with E-state index in [4.69, 9.17) is 27.3 Å². The number of ether oxygens (including phenoxy) is 1. The molecule has 14 nitrogen and oxygen atoms in total. The lowest BCUT2D eigenvalue weighted by molar-refractivity contribution is 0.0506. The average molecular weight is 1030 g/mol. The van der Waals surface area contributed by atoms with Crippen LogP contribution < -0.4 is 16.4 Å². The molecule has 1 amide bonds. The number of nitrogens with two attached hydrogens (primary N) is 1. The van der Waals surface area contributed by atoms with Gasteiger partial charge in [-0.2, -0.15) is 0 Å². The van der Waals surface area contributed by atoms with Crippen LogP contribution in [0.3, 0.4) is 0 Å². The van der Waals surface area contributed by atoms with Gasteiger partial charge < -0.3 is 46.2 Å². The fourth-order valence-electron chi connectivity index (χ4n) is 8.31. The predicted molar refractivity (Wildman–Crippen MR) is 305 cm³/mol. The summed E-state index contributed by atoms with van der Waals surface area (Å²) in [6.45, 7) is 13.5. The number of anilines is 1. The van der Waals surface area contributed by atoms with Crippen molar-refractivity contribution in [2.24, 2.45) is 10.9 Å². The molecule has 0 spiro atoms. The van der Waals surface area contributed by atoms with E-state index < -0.39 is 11.7 Å². The number of halogens is 1. The fourth-order valence-corrected chi connectivity index (χ4v) is 8.50. The van der Waals surface area contributed by atoms with Crippen molar-refractivity contribution in [1.82, 2.24) is 35.2 Å². The topological polar surface area (TPSA) is 215 Å². The molecule has 388 valence electrons. The maximum Gasteiger partial charge on any atom is 0.408 e. The molecule has 1 aliphatic carbocycles. The van der Waals surface area contributed by atoms with E-state index in [-0.39, 0.29) is 17.9 Å². The third-order valence-corrected chi connectivity index (χ3v) is 12.4. The summed E-state index contributed by atoms with van der Waals surface area (Å²) < 4.78 is 5.24. The average Bonchev–Trinajstić information content (AvgIpc) is 4.23. The molecule has 15 heteroatoms. The molecular formula is C60H67ClN10O4. The molecule has 0 radical (unpaired) electrons. The minimum absolute atomic E-state index is 0.0752. The van der Waals surface area contributed by atoms with Gasteiger partial charge in [-0.15, -0.1) is 0 Å². The van der Waals surface area contributed by atoms with Crippen LogP contribution in [-0.2, 0) is 24.1 Å². The van der Waals surface area contributed by atoms with E-state index in [0.29, 0.717) is 16.7 Å². The summed E-state index contributed by atoms with van der Waals surface area (Å²) in [5, 5.41) is 22.9. The Morgan fingerprint density at radius 1 is 0.680 bits per heavy atom. The van der Waals surface area contributed by atoms with Gasteiger partial charge in [-0.3, -0.25) is 4.79 Å². The van der Waals surface area contributed by atoms with E-state index >= 15 is 0 Å². The van der Waals surface area contributed by atoms with Gasteiger partial charge in [-0.05, 0) is 144 Å². The number of H-pyrrole nitrogens is 4. The molecule has 0 saturated carbocycles. The molecule has 9 N–H and O–H groups in total. The van der Waals surface area contributed by atoms with Crippen molar-refractivity contribution >= 4 is 78.6 Å². The Labute approximate surface area is 442 Å². The quantitative estimate of drug-likeness (QED) is 0.0240. The molecule has 5 heterocycles. The number of amides is 1. The first-order chi connectivity index (χ1) is 36.0. The SMILES string of the molecule is C/C(=N\O)c1cc2ccccc2[nH]1.CC(=O)c1cc2ccccc2[nH]1.CC(N)c1cc2ccccc2[nH]1.CC(NC(=O)OC(C)(C)C)c1cc2ccccc2[nH]1.Clc1nc2c(c(NCc3ccccc3)n1)CCCC2. The first kappa shape index (κ1) is 54.6. The molecule has 0 fully saturated rings. The van der Waals surface area contributed by atoms with E-state index in [1.807, 2.05) is 156 Å². The van der Waals surface area contributed by atoms with Crippen LogP contribution in [0.4, 0.5) is 10.6 Å². The number of ketones is 1. The summed E-state index contributed by atoms with van der Waals surface area (Å²) in [5.74, 6) is 0.977.